The summed E-state index contributed by atoms with van der Waals surface area (Å²) >= 11 is 0. The molecule has 3 amide bonds. The molecule has 4 fully saturated rings. The second-order valence-electron chi connectivity index (χ2n) is 9.57. The van der Waals surface area contributed by atoms with Crippen molar-refractivity contribution in [2.24, 2.45) is 11.8 Å². The summed E-state index contributed by atoms with van der Waals surface area (Å²) < 4.78 is 6.61. The van der Waals surface area contributed by atoms with Crippen LogP contribution in [0.5, 0.6) is 0 Å². The molecule has 2 unspecified atom stereocenters. The minimum Gasteiger partial charge on any atom is -0.394 e. The van der Waals surface area contributed by atoms with Gasteiger partial charge < -0.3 is 25.4 Å². The molecule has 4 aliphatic rings. The number of carbonyl (C=O) groups excluding carboxylic acids is 3. The lowest BCUT2D eigenvalue weighted by molar-refractivity contribution is -0.150. The summed E-state index contributed by atoms with van der Waals surface area (Å²) in [6.07, 6.45) is 7.09. The van der Waals surface area contributed by atoms with Gasteiger partial charge in [0.1, 0.15) is 11.6 Å². The Morgan fingerprint density at radius 2 is 1.93 bits per heavy atom. The Kier molecular flexibility index (Phi) is 5.60. The second-order valence-corrected chi connectivity index (χ2v) is 9.57. The van der Waals surface area contributed by atoms with Crippen molar-refractivity contribution < 1.29 is 24.2 Å². The van der Waals surface area contributed by atoms with Crippen LogP contribution in [-0.2, 0) is 19.1 Å². The highest BCUT2D eigenvalue weighted by atomic mass is 16.5. The highest BCUT2D eigenvalue weighted by molar-refractivity contribution is 5.99. The van der Waals surface area contributed by atoms with E-state index in [0.717, 1.165) is 25.7 Å². The van der Waals surface area contributed by atoms with Gasteiger partial charge in [0.2, 0.25) is 17.7 Å². The van der Waals surface area contributed by atoms with Crippen molar-refractivity contribution in [2.75, 3.05) is 13.7 Å². The van der Waals surface area contributed by atoms with E-state index in [1.165, 1.54) is 11.3 Å². The highest BCUT2D eigenvalue weighted by Gasteiger charge is 2.78. The maximum absolute atomic E-state index is 13.6. The van der Waals surface area contributed by atoms with Gasteiger partial charge in [-0.15, -0.1) is 0 Å². The maximum atomic E-state index is 13.6. The normalized spacial score (nSPS) is 39.1. The fourth-order valence-corrected chi connectivity index (χ4v) is 6.60. The van der Waals surface area contributed by atoms with Crippen LogP contribution in [0.15, 0.2) is 0 Å². The lowest BCUT2D eigenvalue weighted by atomic mass is 9.65. The lowest BCUT2D eigenvalue weighted by Crippen LogP contribution is -2.59. The molecule has 2 bridgehead atoms. The molecule has 1 aliphatic carbocycles. The topological polar surface area (TPSA) is 108 Å². The molecular weight excluding hydrogens is 386 g/mol. The van der Waals surface area contributed by atoms with Crippen LogP contribution in [0.2, 0.25) is 0 Å². The van der Waals surface area contributed by atoms with Crippen molar-refractivity contribution in [2.45, 2.75) is 94.5 Å². The second kappa shape index (κ2) is 7.79. The number of nitrogens with one attached hydrogen (secondary N) is 2. The number of rotatable bonds is 6. The summed E-state index contributed by atoms with van der Waals surface area (Å²) in [5, 5.41) is 15.7. The first kappa shape index (κ1) is 21.6. The van der Waals surface area contributed by atoms with Gasteiger partial charge in [-0.1, -0.05) is 26.2 Å². The standard InChI is InChI=1S/C22H35N3O5/c1-4-21-10-11-22(30-21)16(15(21)18(27)23-3)20(29)25(13(2)12-26)17(22)19(28)24-14-8-6-5-7-9-14/h13-17,26H,4-12H2,1-3H3,(H,23,27)(H,24,28)/t13-,15+,16+,17?,21-,22?/m1/s1. The zero-order chi connectivity index (χ0) is 21.7. The number of ether oxygens (including phenoxy) is 1. The monoisotopic (exact) mass is 421 g/mol. The molecule has 1 saturated carbocycles. The fraction of sp³-hybridized carbons (Fsp3) is 0.864. The quantitative estimate of drug-likeness (QED) is 0.586. The molecule has 3 saturated heterocycles. The molecule has 8 nitrogen and oxygen atoms in total. The number of hydrogen-bond acceptors (Lipinski definition) is 5. The predicted molar refractivity (Wildman–Crippen MR) is 109 cm³/mol. The van der Waals surface area contributed by atoms with Crippen molar-refractivity contribution in [3.63, 3.8) is 0 Å². The molecule has 1 spiro atoms. The number of hydrogen-bond donors (Lipinski definition) is 3. The minimum atomic E-state index is -1.01. The van der Waals surface area contributed by atoms with Gasteiger partial charge in [0, 0.05) is 13.1 Å². The Bertz CT molecular complexity index is 724. The smallest absolute Gasteiger partial charge is 0.246 e. The highest BCUT2D eigenvalue weighted by Crippen LogP contribution is 2.64. The molecule has 168 valence electrons. The summed E-state index contributed by atoms with van der Waals surface area (Å²) in [4.78, 5) is 41.6. The Morgan fingerprint density at radius 3 is 2.53 bits per heavy atom. The molecule has 0 aromatic heterocycles. The maximum Gasteiger partial charge on any atom is 0.246 e. The Hall–Kier alpha value is -1.67. The molecule has 3 heterocycles. The molecular formula is C22H35N3O5. The van der Waals surface area contributed by atoms with Crippen LogP contribution in [-0.4, -0.2) is 70.7 Å². The van der Waals surface area contributed by atoms with Gasteiger partial charge in [-0.3, -0.25) is 14.4 Å². The van der Waals surface area contributed by atoms with Crippen molar-refractivity contribution in [1.82, 2.24) is 15.5 Å². The molecule has 3 aliphatic heterocycles. The van der Waals surface area contributed by atoms with E-state index in [1.54, 1.807) is 14.0 Å². The summed E-state index contributed by atoms with van der Waals surface area (Å²) in [6, 6.07) is -1.23. The summed E-state index contributed by atoms with van der Waals surface area (Å²) in [5.74, 6) is -1.97. The van der Waals surface area contributed by atoms with Crippen molar-refractivity contribution in [1.29, 1.82) is 0 Å². The van der Waals surface area contributed by atoms with Crippen LogP contribution in [0.3, 0.4) is 0 Å². The molecule has 4 rings (SSSR count). The molecule has 0 aromatic carbocycles. The van der Waals surface area contributed by atoms with E-state index < -0.39 is 35.1 Å². The zero-order valence-corrected chi connectivity index (χ0v) is 18.3. The van der Waals surface area contributed by atoms with Crippen molar-refractivity contribution in [3.05, 3.63) is 0 Å². The van der Waals surface area contributed by atoms with Crippen LogP contribution < -0.4 is 10.6 Å². The van der Waals surface area contributed by atoms with Crippen LogP contribution in [0.25, 0.3) is 0 Å². The predicted octanol–water partition coefficient (Wildman–Crippen LogP) is 0.717. The van der Waals surface area contributed by atoms with Gasteiger partial charge in [-0.05, 0) is 39.0 Å². The van der Waals surface area contributed by atoms with E-state index >= 15 is 0 Å². The van der Waals surface area contributed by atoms with Gasteiger partial charge in [0.25, 0.3) is 0 Å². The lowest BCUT2D eigenvalue weighted by Gasteiger charge is -2.37. The van der Waals surface area contributed by atoms with Crippen LogP contribution in [0.1, 0.15) is 65.2 Å². The van der Waals surface area contributed by atoms with Gasteiger partial charge in [-0.2, -0.15) is 0 Å². The first-order chi connectivity index (χ1) is 14.3. The van der Waals surface area contributed by atoms with E-state index in [1.807, 2.05) is 6.92 Å². The largest absolute Gasteiger partial charge is 0.394 e. The first-order valence-electron chi connectivity index (χ1n) is 11.5. The van der Waals surface area contributed by atoms with Gasteiger partial charge in [0.05, 0.1) is 30.1 Å². The average molecular weight is 422 g/mol. The molecule has 3 N–H and O–H groups in total. The number of aliphatic hydroxyl groups excluding tert-OH is 1. The molecule has 6 atom stereocenters. The third kappa shape index (κ3) is 2.90. The summed E-state index contributed by atoms with van der Waals surface area (Å²) in [5.41, 5.74) is -1.72. The fourth-order valence-electron chi connectivity index (χ4n) is 6.60. The summed E-state index contributed by atoms with van der Waals surface area (Å²) in [7, 11) is 1.57. The minimum absolute atomic E-state index is 0.108. The first-order valence-corrected chi connectivity index (χ1v) is 11.5. The molecule has 0 radical (unpaired) electrons. The third-order valence-electron chi connectivity index (χ3n) is 8.09. The number of fused-ring (bicyclic) bond motifs is 1. The third-order valence-corrected chi connectivity index (χ3v) is 8.09. The summed E-state index contributed by atoms with van der Waals surface area (Å²) in [6.45, 7) is 3.48. The van der Waals surface area contributed by atoms with Crippen molar-refractivity contribution in [3.8, 4) is 0 Å². The molecule has 8 heteroatoms. The molecule has 30 heavy (non-hydrogen) atoms. The van der Waals surface area contributed by atoms with Crippen LogP contribution >= 0.6 is 0 Å². The molecule has 0 aromatic rings. The van der Waals surface area contributed by atoms with E-state index in [4.69, 9.17) is 4.74 Å². The Balaban J connectivity index is 1.73. The number of nitrogens with zero attached hydrogens (tertiary/aromatic N) is 1. The zero-order valence-electron chi connectivity index (χ0n) is 18.3. The van der Waals surface area contributed by atoms with E-state index in [0.29, 0.717) is 19.3 Å². The number of amides is 3. The Morgan fingerprint density at radius 1 is 1.23 bits per heavy atom. The van der Waals surface area contributed by atoms with Gasteiger partial charge in [0.15, 0.2) is 0 Å². The van der Waals surface area contributed by atoms with Crippen LogP contribution in [0.4, 0.5) is 0 Å². The van der Waals surface area contributed by atoms with Crippen molar-refractivity contribution >= 4 is 17.7 Å². The van der Waals surface area contributed by atoms with Crippen LogP contribution in [0, 0.1) is 11.8 Å². The number of carbonyl (C=O) groups is 3. The number of aliphatic hydroxyl groups is 1. The van der Waals surface area contributed by atoms with Gasteiger partial charge in [-0.25, -0.2) is 0 Å². The van der Waals surface area contributed by atoms with E-state index in [9.17, 15) is 19.5 Å². The average Bonchev–Trinajstić information content (AvgIpc) is 3.37. The number of likely N-dealkylation sites (tertiary alicyclic amines) is 1. The SMILES string of the molecule is CC[C@]12CCC3(O1)C(C(=O)NC1CCCCC1)N([C@H](C)CO)C(=O)[C@@H]3[C@H]2C(=O)NC. The van der Waals surface area contributed by atoms with E-state index in [2.05, 4.69) is 10.6 Å². The van der Waals surface area contributed by atoms with E-state index in [-0.39, 0.29) is 30.4 Å². The van der Waals surface area contributed by atoms with Gasteiger partial charge >= 0.3 is 0 Å². The Labute approximate surface area is 178 Å².